The van der Waals surface area contributed by atoms with E-state index in [9.17, 15) is 4.79 Å². The van der Waals surface area contributed by atoms with E-state index < -0.39 is 0 Å². The molecule has 0 amide bonds. The summed E-state index contributed by atoms with van der Waals surface area (Å²) in [6.45, 7) is 9.71. The number of esters is 1. The normalized spacial score (nSPS) is 14.2. The van der Waals surface area contributed by atoms with Crippen LogP contribution in [0.15, 0.2) is 0 Å². The summed E-state index contributed by atoms with van der Waals surface area (Å²) in [6.07, 6.45) is 3.24. The van der Waals surface area contributed by atoms with Gasteiger partial charge in [-0.2, -0.15) is 0 Å². The molecule has 4 heteroatoms. The van der Waals surface area contributed by atoms with Gasteiger partial charge in [0.2, 0.25) is 0 Å². The van der Waals surface area contributed by atoms with Gasteiger partial charge in [-0.15, -0.1) is 0 Å². The minimum atomic E-state index is -0.192. The number of carbonyl (C=O) groups is 1. The summed E-state index contributed by atoms with van der Waals surface area (Å²) in [5.41, 5.74) is 0. The first kappa shape index (κ1) is 17.4. The lowest BCUT2D eigenvalue weighted by atomic mass is 10.2. The van der Waals surface area contributed by atoms with E-state index in [0.717, 1.165) is 25.9 Å². The van der Waals surface area contributed by atoms with E-state index in [0.29, 0.717) is 19.6 Å². The number of rotatable bonds is 11. The van der Waals surface area contributed by atoms with Gasteiger partial charge in [-0.25, -0.2) is 0 Å². The second kappa shape index (κ2) is 11.5. The molecule has 0 rings (SSSR count). The molecule has 108 valence electrons. The first-order valence-electron chi connectivity index (χ1n) is 6.98. The molecule has 0 spiro atoms. The fourth-order valence-corrected chi connectivity index (χ4v) is 1.38. The first-order chi connectivity index (χ1) is 8.60. The van der Waals surface area contributed by atoms with Crippen LogP contribution < -0.4 is 0 Å². The average Bonchev–Trinajstić information content (AvgIpc) is 2.34. The molecule has 0 aliphatic heterocycles. The largest absolute Gasteiger partial charge is 0.460 e. The second-order valence-electron chi connectivity index (χ2n) is 4.62. The van der Waals surface area contributed by atoms with Crippen LogP contribution in [-0.2, 0) is 19.0 Å². The van der Waals surface area contributed by atoms with E-state index in [2.05, 4.69) is 13.8 Å². The lowest BCUT2D eigenvalue weighted by molar-refractivity contribution is -0.152. The van der Waals surface area contributed by atoms with Crippen molar-refractivity contribution in [3.05, 3.63) is 0 Å². The summed E-state index contributed by atoms with van der Waals surface area (Å²) in [4.78, 5) is 11.4. The Labute approximate surface area is 111 Å². The molecule has 0 saturated heterocycles. The highest BCUT2D eigenvalue weighted by atomic mass is 16.6. The third kappa shape index (κ3) is 10.5. The molecule has 0 fully saturated rings. The standard InChI is InChI=1S/C14H28O4/c1-5-7-8-14(15)18-13(4)11-17-12(3)10-16-9-6-2/h12-13H,5-11H2,1-4H3. The summed E-state index contributed by atoms with van der Waals surface area (Å²) in [7, 11) is 0. The zero-order valence-corrected chi connectivity index (χ0v) is 12.2. The molecule has 0 heterocycles. The van der Waals surface area contributed by atoms with E-state index in [4.69, 9.17) is 14.2 Å². The Morgan fingerprint density at radius 1 is 1.06 bits per heavy atom. The Balaban J connectivity index is 3.56. The van der Waals surface area contributed by atoms with Crippen molar-refractivity contribution < 1.29 is 19.0 Å². The van der Waals surface area contributed by atoms with Gasteiger partial charge in [-0.1, -0.05) is 20.3 Å². The van der Waals surface area contributed by atoms with Crippen LogP contribution in [0, 0.1) is 0 Å². The first-order valence-corrected chi connectivity index (χ1v) is 6.98. The molecule has 0 aromatic carbocycles. The van der Waals surface area contributed by atoms with Gasteiger partial charge in [0.05, 0.1) is 19.3 Å². The Kier molecular flexibility index (Phi) is 11.1. The predicted octanol–water partition coefficient (Wildman–Crippen LogP) is 2.94. The molecule has 0 radical (unpaired) electrons. The Bertz CT molecular complexity index is 206. The maximum absolute atomic E-state index is 11.4. The average molecular weight is 260 g/mol. The molecule has 2 atom stereocenters. The lowest BCUT2D eigenvalue weighted by Crippen LogP contribution is -2.25. The van der Waals surface area contributed by atoms with Crippen LogP contribution in [0.5, 0.6) is 0 Å². The van der Waals surface area contributed by atoms with E-state index in [-0.39, 0.29) is 18.2 Å². The fraction of sp³-hybridized carbons (Fsp3) is 0.929. The monoisotopic (exact) mass is 260 g/mol. The quantitative estimate of drug-likeness (QED) is 0.423. The van der Waals surface area contributed by atoms with Crippen molar-refractivity contribution in [3.8, 4) is 0 Å². The summed E-state index contributed by atoms with van der Waals surface area (Å²) in [5.74, 6) is -0.136. The Morgan fingerprint density at radius 2 is 1.78 bits per heavy atom. The summed E-state index contributed by atoms with van der Waals surface area (Å²) < 4.78 is 16.2. The smallest absolute Gasteiger partial charge is 0.306 e. The SMILES string of the molecule is CCCCC(=O)OC(C)COC(C)COCCC. The zero-order valence-electron chi connectivity index (χ0n) is 12.2. The highest BCUT2D eigenvalue weighted by Gasteiger charge is 2.11. The summed E-state index contributed by atoms with van der Waals surface area (Å²) in [5, 5.41) is 0. The minimum absolute atomic E-state index is 0.0355. The van der Waals surface area contributed by atoms with Crippen LogP contribution in [-0.4, -0.2) is 38.0 Å². The number of carbonyl (C=O) groups excluding carboxylic acids is 1. The van der Waals surface area contributed by atoms with Crippen LogP contribution in [0.1, 0.15) is 53.4 Å². The van der Waals surface area contributed by atoms with Gasteiger partial charge >= 0.3 is 5.97 Å². The summed E-state index contributed by atoms with van der Waals surface area (Å²) in [6, 6.07) is 0. The zero-order chi connectivity index (χ0) is 13.8. The highest BCUT2D eigenvalue weighted by molar-refractivity contribution is 5.69. The molecule has 0 aromatic heterocycles. The molecular formula is C14H28O4. The van der Waals surface area contributed by atoms with Crippen LogP contribution in [0.4, 0.5) is 0 Å². The van der Waals surface area contributed by atoms with Gasteiger partial charge in [0, 0.05) is 13.0 Å². The fourth-order valence-electron chi connectivity index (χ4n) is 1.38. The molecule has 4 nitrogen and oxygen atoms in total. The van der Waals surface area contributed by atoms with Gasteiger partial charge in [-0.05, 0) is 26.7 Å². The van der Waals surface area contributed by atoms with E-state index >= 15 is 0 Å². The molecular weight excluding hydrogens is 232 g/mol. The van der Waals surface area contributed by atoms with Crippen molar-refractivity contribution in [1.82, 2.24) is 0 Å². The third-order valence-corrected chi connectivity index (χ3v) is 2.38. The molecule has 0 aliphatic carbocycles. The van der Waals surface area contributed by atoms with Crippen LogP contribution >= 0.6 is 0 Å². The van der Waals surface area contributed by atoms with E-state index in [1.807, 2.05) is 13.8 Å². The van der Waals surface area contributed by atoms with Crippen molar-refractivity contribution in [3.63, 3.8) is 0 Å². The molecule has 0 saturated carbocycles. The second-order valence-corrected chi connectivity index (χ2v) is 4.62. The molecule has 2 unspecified atom stereocenters. The van der Waals surface area contributed by atoms with Gasteiger partial charge in [0.25, 0.3) is 0 Å². The molecule has 0 aromatic rings. The maximum Gasteiger partial charge on any atom is 0.306 e. The number of hydrogen-bond acceptors (Lipinski definition) is 4. The lowest BCUT2D eigenvalue weighted by Gasteiger charge is -2.17. The van der Waals surface area contributed by atoms with Crippen LogP contribution in [0.2, 0.25) is 0 Å². The van der Waals surface area contributed by atoms with Crippen molar-refractivity contribution in [2.45, 2.75) is 65.6 Å². The minimum Gasteiger partial charge on any atom is -0.460 e. The molecule has 0 aliphatic rings. The Morgan fingerprint density at radius 3 is 2.39 bits per heavy atom. The topological polar surface area (TPSA) is 44.8 Å². The van der Waals surface area contributed by atoms with Gasteiger partial charge < -0.3 is 14.2 Å². The number of hydrogen-bond donors (Lipinski definition) is 0. The van der Waals surface area contributed by atoms with Gasteiger partial charge in [0.1, 0.15) is 6.10 Å². The van der Waals surface area contributed by atoms with E-state index in [1.54, 1.807) is 0 Å². The number of unbranched alkanes of at least 4 members (excludes halogenated alkanes) is 1. The predicted molar refractivity (Wildman–Crippen MR) is 71.6 cm³/mol. The van der Waals surface area contributed by atoms with Gasteiger partial charge in [-0.3, -0.25) is 4.79 Å². The van der Waals surface area contributed by atoms with Gasteiger partial charge in [0.15, 0.2) is 0 Å². The van der Waals surface area contributed by atoms with Crippen molar-refractivity contribution >= 4 is 5.97 Å². The third-order valence-electron chi connectivity index (χ3n) is 2.38. The molecule has 0 N–H and O–H groups in total. The van der Waals surface area contributed by atoms with Crippen molar-refractivity contribution in [2.24, 2.45) is 0 Å². The maximum atomic E-state index is 11.4. The molecule has 0 bridgehead atoms. The summed E-state index contributed by atoms with van der Waals surface area (Å²) >= 11 is 0. The highest BCUT2D eigenvalue weighted by Crippen LogP contribution is 2.02. The molecule has 18 heavy (non-hydrogen) atoms. The van der Waals surface area contributed by atoms with Crippen molar-refractivity contribution in [1.29, 1.82) is 0 Å². The van der Waals surface area contributed by atoms with Crippen LogP contribution in [0.3, 0.4) is 0 Å². The number of ether oxygens (including phenoxy) is 3. The van der Waals surface area contributed by atoms with Crippen molar-refractivity contribution in [2.75, 3.05) is 19.8 Å². The Hall–Kier alpha value is -0.610. The van der Waals surface area contributed by atoms with E-state index in [1.165, 1.54) is 0 Å². The van der Waals surface area contributed by atoms with Crippen LogP contribution in [0.25, 0.3) is 0 Å².